The average Bonchev–Trinajstić information content (AvgIpc) is 3.16. The quantitative estimate of drug-likeness (QED) is 0.844. The molecule has 1 aliphatic rings. The molecule has 2 aromatic heterocycles. The SMILES string of the molecule is COC(=O)c1c(N)sc(CN2CCC(C)CC2)c1-c1cccs1. The number of hydrogen-bond donors (Lipinski definition) is 1. The third kappa shape index (κ3) is 3.44. The maximum absolute atomic E-state index is 12.2. The maximum atomic E-state index is 12.2. The van der Waals surface area contributed by atoms with Crippen LogP contribution in [0.1, 0.15) is 35.0 Å². The first-order valence-corrected chi connectivity index (χ1v) is 9.55. The van der Waals surface area contributed by atoms with Crippen molar-refractivity contribution >= 4 is 33.6 Å². The van der Waals surface area contributed by atoms with Crippen LogP contribution in [0, 0.1) is 5.92 Å². The number of thiophene rings is 2. The van der Waals surface area contributed by atoms with Crippen molar-refractivity contribution < 1.29 is 9.53 Å². The summed E-state index contributed by atoms with van der Waals surface area (Å²) in [5.41, 5.74) is 7.65. The van der Waals surface area contributed by atoms with E-state index in [0.717, 1.165) is 36.0 Å². The molecule has 0 aliphatic carbocycles. The van der Waals surface area contributed by atoms with Crippen molar-refractivity contribution in [2.45, 2.75) is 26.3 Å². The number of methoxy groups -OCH3 is 1. The molecule has 0 amide bonds. The lowest BCUT2D eigenvalue weighted by molar-refractivity contribution is 0.0603. The fourth-order valence-corrected chi connectivity index (χ4v) is 5.00. The molecule has 1 saturated heterocycles. The summed E-state index contributed by atoms with van der Waals surface area (Å²) in [6, 6.07) is 4.04. The predicted molar refractivity (Wildman–Crippen MR) is 97.1 cm³/mol. The molecular weight excluding hydrogens is 328 g/mol. The van der Waals surface area contributed by atoms with Crippen molar-refractivity contribution in [3.63, 3.8) is 0 Å². The second kappa shape index (κ2) is 7.03. The monoisotopic (exact) mass is 350 g/mol. The number of nitrogens with zero attached hydrogens (tertiary/aromatic N) is 1. The largest absolute Gasteiger partial charge is 0.465 e. The Kier molecular flexibility index (Phi) is 5.04. The van der Waals surface area contributed by atoms with Gasteiger partial charge >= 0.3 is 5.97 Å². The van der Waals surface area contributed by atoms with Gasteiger partial charge in [-0.3, -0.25) is 4.90 Å². The van der Waals surface area contributed by atoms with Crippen molar-refractivity contribution in [3.8, 4) is 10.4 Å². The molecule has 3 heterocycles. The van der Waals surface area contributed by atoms with Crippen LogP contribution in [-0.2, 0) is 11.3 Å². The van der Waals surface area contributed by atoms with Crippen LogP contribution in [0.25, 0.3) is 10.4 Å². The van der Waals surface area contributed by atoms with Gasteiger partial charge in [0.15, 0.2) is 0 Å². The molecule has 4 nitrogen and oxygen atoms in total. The summed E-state index contributed by atoms with van der Waals surface area (Å²) < 4.78 is 4.95. The highest BCUT2D eigenvalue weighted by Crippen LogP contribution is 2.41. The number of ether oxygens (including phenoxy) is 1. The number of carbonyl (C=O) groups is 1. The number of anilines is 1. The Morgan fingerprint density at radius 3 is 2.78 bits per heavy atom. The molecule has 3 rings (SSSR count). The minimum Gasteiger partial charge on any atom is -0.465 e. The molecule has 2 aromatic rings. The second-order valence-corrected chi connectivity index (χ2v) is 8.15. The molecule has 23 heavy (non-hydrogen) atoms. The lowest BCUT2D eigenvalue weighted by Gasteiger charge is -2.30. The van der Waals surface area contributed by atoms with Gasteiger partial charge in [-0.05, 0) is 43.3 Å². The molecule has 0 unspecified atom stereocenters. The smallest absolute Gasteiger partial charge is 0.341 e. The molecular formula is C17H22N2O2S2. The summed E-state index contributed by atoms with van der Waals surface area (Å²) >= 11 is 3.15. The standard InChI is InChI=1S/C17H22N2O2S2/c1-11-5-7-19(8-6-11)10-13-14(12-4-3-9-22-12)15(16(18)23-13)17(20)21-2/h3-4,9,11H,5-8,10,18H2,1-2H3. The van der Waals surface area contributed by atoms with E-state index in [2.05, 4.69) is 11.8 Å². The van der Waals surface area contributed by atoms with Crippen molar-refractivity contribution in [2.75, 3.05) is 25.9 Å². The summed E-state index contributed by atoms with van der Waals surface area (Å²) in [5, 5.41) is 2.58. The number of likely N-dealkylation sites (tertiary alicyclic amines) is 1. The zero-order chi connectivity index (χ0) is 16.4. The number of hydrogen-bond acceptors (Lipinski definition) is 6. The molecule has 0 aromatic carbocycles. The van der Waals surface area contributed by atoms with Gasteiger partial charge in [-0.25, -0.2) is 4.79 Å². The van der Waals surface area contributed by atoms with E-state index < -0.39 is 0 Å². The highest BCUT2D eigenvalue weighted by atomic mass is 32.1. The Morgan fingerprint density at radius 1 is 1.43 bits per heavy atom. The topological polar surface area (TPSA) is 55.6 Å². The minimum atomic E-state index is -0.347. The van der Waals surface area contributed by atoms with Gasteiger partial charge in [0.05, 0.1) is 7.11 Å². The number of nitrogen functional groups attached to an aromatic ring is 1. The highest BCUT2D eigenvalue weighted by Gasteiger charge is 2.26. The van der Waals surface area contributed by atoms with Crippen molar-refractivity contribution in [1.82, 2.24) is 4.90 Å². The van der Waals surface area contributed by atoms with E-state index in [0.29, 0.717) is 10.6 Å². The fraction of sp³-hybridized carbons (Fsp3) is 0.471. The second-order valence-electron chi connectivity index (χ2n) is 6.07. The Morgan fingerprint density at radius 2 is 2.17 bits per heavy atom. The first-order valence-electron chi connectivity index (χ1n) is 7.85. The molecule has 124 valence electrons. The van der Waals surface area contributed by atoms with E-state index in [9.17, 15) is 4.79 Å². The molecule has 0 spiro atoms. The normalized spacial score (nSPS) is 16.6. The van der Waals surface area contributed by atoms with Gasteiger partial charge < -0.3 is 10.5 Å². The van der Waals surface area contributed by atoms with Crippen LogP contribution >= 0.6 is 22.7 Å². The van der Waals surface area contributed by atoms with Crippen LogP contribution in [-0.4, -0.2) is 31.1 Å². The van der Waals surface area contributed by atoms with Crippen LogP contribution in [0.3, 0.4) is 0 Å². The summed E-state index contributed by atoms with van der Waals surface area (Å²) in [4.78, 5) is 16.9. The first-order chi connectivity index (χ1) is 11.1. The third-order valence-corrected chi connectivity index (χ3v) is 6.30. The zero-order valence-corrected chi connectivity index (χ0v) is 15.1. The number of carbonyl (C=O) groups excluding carboxylic acids is 1. The summed E-state index contributed by atoms with van der Waals surface area (Å²) in [5.74, 6) is 0.461. The van der Waals surface area contributed by atoms with Crippen LogP contribution in [0.2, 0.25) is 0 Å². The van der Waals surface area contributed by atoms with E-state index in [-0.39, 0.29) is 5.97 Å². The lowest BCUT2D eigenvalue weighted by atomic mass is 9.99. The van der Waals surface area contributed by atoms with Gasteiger partial charge in [0.25, 0.3) is 0 Å². The molecule has 6 heteroatoms. The van der Waals surface area contributed by atoms with E-state index >= 15 is 0 Å². The Balaban J connectivity index is 1.95. The summed E-state index contributed by atoms with van der Waals surface area (Å²) in [6.45, 7) is 5.38. The van der Waals surface area contributed by atoms with Crippen LogP contribution < -0.4 is 5.73 Å². The van der Waals surface area contributed by atoms with Crippen LogP contribution in [0.5, 0.6) is 0 Å². The molecule has 2 N–H and O–H groups in total. The molecule has 0 radical (unpaired) electrons. The molecule has 0 saturated carbocycles. The van der Waals surface area contributed by atoms with Gasteiger partial charge in [-0.15, -0.1) is 22.7 Å². The van der Waals surface area contributed by atoms with Gasteiger partial charge in [0.1, 0.15) is 10.6 Å². The molecule has 1 fully saturated rings. The first kappa shape index (κ1) is 16.5. The van der Waals surface area contributed by atoms with Crippen molar-refractivity contribution in [2.24, 2.45) is 5.92 Å². The molecule has 1 aliphatic heterocycles. The van der Waals surface area contributed by atoms with Gasteiger partial charge in [0, 0.05) is 21.9 Å². The highest BCUT2D eigenvalue weighted by molar-refractivity contribution is 7.18. The summed E-state index contributed by atoms with van der Waals surface area (Å²) in [7, 11) is 1.41. The molecule has 0 atom stereocenters. The third-order valence-electron chi connectivity index (χ3n) is 4.41. The minimum absolute atomic E-state index is 0.347. The van der Waals surface area contributed by atoms with Gasteiger partial charge in [-0.2, -0.15) is 0 Å². The predicted octanol–water partition coefficient (Wildman–Crippen LogP) is 4.08. The zero-order valence-electron chi connectivity index (χ0n) is 13.5. The maximum Gasteiger partial charge on any atom is 0.341 e. The molecule has 0 bridgehead atoms. The van der Waals surface area contributed by atoms with E-state index in [4.69, 9.17) is 10.5 Å². The van der Waals surface area contributed by atoms with Crippen LogP contribution in [0.15, 0.2) is 17.5 Å². The van der Waals surface area contributed by atoms with E-state index in [1.165, 1.54) is 36.2 Å². The van der Waals surface area contributed by atoms with E-state index in [1.807, 2.05) is 17.5 Å². The van der Waals surface area contributed by atoms with Gasteiger partial charge in [0.2, 0.25) is 0 Å². The number of piperidine rings is 1. The number of esters is 1. The lowest BCUT2D eigenvalue weighted by Crippen LogP contribution is -2.32. The number of nitrogens with two attached hydrogens (primary N) is 1. The van der Waals surface area contributed by atoms with Crippen molar-refractivity contribution in [3.05, 3.63) is 28.0 Å². The Hall–Kier alpha value is -1.37. The van der Waals surface area contributed by atoms with Crippen LogP contribution in [0.4, 0.5) is 5.00 Å². The van der Waals surface area contributed by atoms with Crippen molar-refractivity contribution in [1.29, 1.82) is 0 Å². The number of rotatable bonds is 4. The Labute approximate surface area is 144 Å². The fourth-order valence-electron chi connectivity index (χ4n) is 3.02. The van der Waals surface area contributed by atoms with Gasteiger partial charge in [-0.1, -0.05) is 13.0 Å². The van der Waals surface area contributed by atoms with E-state index in [1.54, 1.807) is 11.3 Å². The average molecular weight is 351 g/mol. The summed E-state index contributed by atoms with van der Waals surface area (Å²) in [6.07, 6.45) is 2.47. The Bertz CT molecular complexity index is 671.